The first kappa shape index (κ1) is 33.0. The lowest BCUT2D eigenvalue weighted by Crippen LogP contribution is -2.54. The minimum Gasteiger partial charge on any atom is -0.492 e. The van der Waals surface area contributed by atoms with E-state index in [1.54, 1.807) is 18.2 Å². The molecule has 3 aromatic heterocycles. The van der Waals surface area contributed by atoms with Gasteiger partial charge in [0.25, 0.3) is 11.8 Å². The van der Waals surface area contributed by atoms with Crippen molar-refractivity contribution in [2.24, 2.45) is 0 Å². The molecule has 1 atom stereocenters. The quantitative estimate of drug-likeness (QED) is 0.170. The number of pyridine rings is 2. The monoisotopic (exact) mass is 714 g/mol. The molecule has 0 saturated carbocycles. The Kier molecular flexibility index (Phi) is 8.27. The number of nitrogens with two attached hydrogens (primary N) is 1. The predicted octanol–water partition coefficient (Wildman–Crippen LogP) is 3.31. The highest BCUT2D eigenvalue weighted by Crippen LogP contribution is 2.32. The third-order valence-corrected chi connectivity index (χ3v) is 10.8. The zero-order chi connectivity index (χ0) is 36.2. The number of hydrogen-bond donors (Lipinski definition) is 2. The Labute approximate surface area is 304 Å². The number of likely N-dealkylation sites (tertiary alicyclic amines) is 1. The predicted molar refractivity (Wildman–Crippen MR) is 196 cm³/mol. The third kappa shape index (κ3) is 6.13. The summed E-state index contributed by atoms with van der Waals surface area (Å²) >= 11 is 0. The van der Waals surface area contributed by atoms with E-state index < -0.39 is 29.7 Å². The highest BCUT2D eigenvalue weighted by Gasteiger charge is 2.44. The maximum Gasteiger partial charge on any atom is 0.262 e. The molecule has 14 nitrogen and oxygen atoms in total. The van der Waals surface area contributed by atoms with Crippen molar-refractivity contribution in [2.75, 3.05) is 50.0 Å². The van der Waals surface area contributed by atoms with Crippen molar-refractivity contribution >= 4 is 56.8 Å². The van der Waals surface area contributed by atoms with Gasteiger partial charge in [0.05, 0.1) is 35.0 Å². The van der Waals surface area contributed by atoms with Gasteiger partial charge in [-0.05, 0) is 61.7 Å². The van der Waals surface area contributed by atoms with Crippen LogP contribution in [0.15, 0.2) is 73.2 Å². The number of rotatable bonds is 9. The summed E-state index contributed by atoms with van der Waals surface area (Å²) in [6.45, 7) is 4.55. The molecule has 3 fully saturated rings. The number of hydrogen-bond acceptors (Lipinski definition) is 11. The Hall–Kier alpha value is -5.86. The van der Waals surface area contributed by atoms with E-state index in [9.17, 15) is 19.2 Å². The van der Waals surface area contributed by atoms with Crippen LogP contribution in [0.4, 0.5) is 11.5 Å². The molecule has 9 rings (SSSR count). The highest BCUT2D eigenvalue weighted by molar-refractivity contribution is 6.23. The Bertz CT molecular complexity index is 2290. The summed E-state index contributed by atoms with van der Waals surface area (Å²) in [5, 5.41) is 5.29. The van der Waals surface area contributed by atoms with Crippen LogP contribution in [0.5, 0.6) is 5.75 Å². The number of carbonyl (C=O) groups excluding carboxylic acids is 4. The van der Waals surface area contributed by atoms with E-state index in [2.05, 4.69) is 32.2 Å². The van der Waals surface area contributed by atoms with Gasteiger partial charge in [0.1, 0.15) is 30.0 Å². The Morgan fingerprint density at radius 3 is 2.47 bits per heavy atom. The van der Waals surface area contributed by atoms with Gasteiger partial charge in [-0.15, -0.1) is 0 Å². The number of nitrogen functional groups attached to an aromatic ring is 1. The van der Waals surface area contributed by atoms with Gasteiger partial charge in [-0.2, -0.15) is 0 Å². The van der Waals surface area contributed by atoms with E-state index in [1.807, 2.05) is 47.4 Å². The summed E-state index contributed by atoms with van der Waals surface area (Å²) in [6, 6.07) is 15.9. The second-order valence-electron chi connectivity index (χ2n) is 14.1. The van der Waals surface area contributed by atoms with Gasteiger partial charge < -0.3 is 20.1 Å². The first-order valence-electron chi connectivity index (χ1n) is 18.0. The molecule has 4 aliphatic rings. The molecule has 3 saturated heterocycles. The van der Waals surface area contributed by atoms with Crippen LogP contribution < -0.4 is 20.7 Å². The molecule has 3 N–H and O–H groups in total. The van der Waals surface area contributed by atoms with Crippen molar-refractivity contribution in [1.82, 2.24) is 29.7 Å². The molecule has 7 heterocycles. The number of piperidine rings is 2. The molecule has 0 radical (unpaired) electrons. The number of carbonyl (C=O) groups is 4. The molecule has 4 aliphatic heterocycles. The fourth-order valence-corrected chi connectivity index (χ4v) is 7.79. The second kappa shape index (κ2) is 13.3. The summed E-state index contributed by atoms with van der Waals surface area (Å²) in [5.74, 6) is 0.116. The first-order valence-corrected chi connectivity index (χ1v) is 18.0. The lowest BCUT2D eigenvalue weighted by atomic mass is 10.0. The minimum absolute atomic E-state index is 0.0793. The van der Waals surface area contributed by atoms with Gasteiger partial charge in [0.15, 0.2) is 0 Å². The molecule has 1 unspecified atom stereocenters. The van der Waals surface area contributed by atoms with Crippen LogP contribution in [-0.2, 0) is 14.3 Å². The van der Waals surface area contributed by atoms with E-state index >= 15 is 0 Å². The van der Waals surface area contributed by atoms with Crippen LogP contribution in [-0.4, -0.2) is 106 Å². The Morgan fingerprint density at radius 2 is 1.64 bits per heavy atom. The smallest absolute Gasteiger partial charge is 0.262 e. The van der Waals surface area contributed by atoms with Crippen molar-refractivity contribution in [3.63, 3.8) is 0 Å². The number of amides is 4. The van der Waals surface area contributed by atoms with Crippen molar-refractivity contribution in [3.8, 4) is 11.6 Å². The fraction of sp³-hybridized carbons (Fsp3) is 0.333. The van der Waals surface area contributed by atoms with Crippen LogP contribution in [0.3, 0.4) is 0 Å². The normalized spacial score (nSPS) is 20.0. The molecule has 4 amide bonds. The summed E-state index contributed by atoms with van der Waals surface area (Å²) in [5.41, 5.74) is 8.37. The van der Waals surface area contributed by atoms with Gasteiger partial charge in [-0.3, -0.25) is 38.9 Å². The number of aromatic nitrogens is 3. The van der Waals surface area contributed by atoms with Crippen LogP contribution in [0.25, 0.3) is 27.5 Å². The Balaban J connectivity index is 0.726. The van der Waals surface area contributed by atoms with E-state index in [-0.39, 0.29) is 36.2 Å². The summed E-state index contributed by atoms with van der Waals surface area (Å²) in [7, 11) is 0. The first-order chi connectivity index (χ1) is 25.8. The number of benzene rings is 2. The number of anilines is 2. The van der Waals surface area contributed by atoms with E-state index in [0.29, 0.717) is 12.4 Å². The summed E-state index contributed by atoms with van der Waals surface area (Å²) < 4.78 is 14.5. The molecule has 0 bridgehead atoms. The number of imide groups is 2. The van der Waals surface area contributed by atoms with Gasteiger partial charge in [0.2, 0.25) is 11.8 Å². The highest BCUT2D eigenvalue weighted by atomic mass is 16.5. The number of nitrogens with zero attached hydrogens (tertiary/aromatic N) is 6. The molecular formula is C39H38N8O6. The summed E-state index contributed by atoms with van der Waals surface area (Å²) in [6.07, 6.45) is 8.22. The lowest BCUT2D eigenvalue weighted by molar-refractivity contribution is -0.136. The molecule has 0 aliphatic carbocycles. The molecular weight excluding hydrogens is 676 g/mol. The third-order valence-electron chi connectivity index (χ3n) is 10.8. The molecule has 0 spiro atoms. The summed E-state index contributed by atoms with van der Waals surface area (Å²) in [4.78, 5) is 64.9. The second-order valence-corrected chi connectivity index (χ2v) is 14.1. The van der Waals surface area contributed by atoms with Crippen molar-refractivity contribution in [2.45, 2.75) is 43.9 Å². The molecule has 270 valence electrons. The lowest BCUT2D eigenvalue weighted by Gasteiger charge is -2.43. The molecule has 2 aromatic carbocycles. The van der Waals surface area contributed by atoms with Crippen molar-refractivity contribution in [1.29, 1.82) is 0 Å². The topological polar surface area (TPSA) is 165 Å². The standard InChI is InChI=1S/C39H38N8O6/c40-31-3-1-2-24-19-41-35(18-29(24)31)46-13-8-23-16-34(42-20-33(23)46)45-21-27(22-45)53-25-9-11-44(12-10-25)14-15-52-26-4-5-28-30(17-26)39(51)47(38(28)50)32-6-7-36(48)43-37(32)49/h1-5,8,13,16-20,25,27,32H,6-7,9-12,14-15,21-22,40H2,(H,43,48,49). The average Bonchev–Trinajstić information content (AvgIpc) is 3.68. The maximum absolute atomic E-state index is 13.1. The zero-order valence-electron chi connectivity index (χ0n) is 28.9. The van der Waals surface area contributed by atoms with Crippen LogP contribution in [0, 0.1) is 0 Å². The van der Waals surface area contributed by atoms with Gasteiger partial charge in [-0.25, -0.2) is 9.97 Å². The number of ether oxygens (including phenoxy) is 2. The fourth-order valence-electron chi connectivity index (χ4n) is 7.79. The number of nitrogens with one attached hydrogen (secondary N) is 1. The van der Waals surface area contributed by atoms with E-state index in [0.717, 1.165) is 89.5 Å². The van der Waals surface area contributed by atoms with Crippen LogP contribution in [0.2, 0.25) is 0 Å². The zero-order valence-corrected chi connectivity index (χ0v) is 28.9. The largest absolute Gasteiger partial charge is 0.492 e. The van der Waals surface area contributed by atoms with Gasteiger partial charge >= 0.3 is 0 Å². The maximum atomic E-state index is 13.1. The van der Waals surface area contributed by atoms with Gasteiger partial charge in [-0.1, -0.05) is 12.1 Å². The average molecular weight is 715 g/mol. The Morgan fingerprint density at radius 1 is 0.830 bits per heavy atom. The molecule has 14 heteroatoms. The van der Waals surface area contributed by atoms with E-state index in [4.69, 9.17) is 20.2 Å². The van der Waals surface area contributed by atoms with Crippen LogP contribution in [0.1, 0.15) is 46.4 Å². The van der Waals surface area contributed by atoms with Crippen molar-refractivity contribution in [3.05, 3.63) is 84.3 Å². The number of fused-ring (bicyclic) bond motifs is 3. The van der Waals surface area contributed by atoms with Crippen LogP contribution >= 0.6 is 0 Å². The molecule has 53 heavy (non-hydrogen) atoms. The van der Waals surface area contributed by atoms with E-state index in [1.165, 1.54) is 0 Å². The van der Waals surface area contributed by atoms with Crippen molar-refractivity contribution < 1.29 is 28.7 Å². The van der Waals surface area contributed by atoms with Gasteiger partial charge in [0, 0.05) is 73.4 Å². The molecule has 5 aromatic rings. The minimum atomic E-state index is -0.993. The SMILES string of the molecule is Nc1cccc2cnc(-n3ccc4cc(N5CC(OC6CCN(CCOc7ccc8c(c7)C(=O)N(C7CCC(=O)NC7=O)C8=O)CC6)C5)ncc43)cc12.